The van der Waals surface area contributed by atoms with E-state index in [2.05, 4.69) is 0 Å². The van der Waals surface area contributed by atoms with Gasteiger partial charge in [0.05, 0.1) is 0 Å². The van der Waals surface area contributed by atoms with Gasteiger partial charge in [0, 0.05) is 4.90 Å². The van der Waals surface area contributed by atoms with E-state index in [4.69, 9.17) is 0 Å². The molecule has 0 spiro atoms. The van der Waals surface area contributed by atoms with Crippen LogP contribution in [-0.4, -0.2) is 8.76 Å². The fourth-order valence-corrected chi connectivity index (χ4v) is 1.01. The second-order valence-electron chi connectivity index (χ2n) is 2.05. The van der Waals surface area contributed by atoms with E-state index in [0.29, 0.717) is 4.90 Å². The third-order valence-corrected chi connectivity index (χ3v) is 1.87. The van der Waals surface area contributed by atoms with Crippen LogP contribution >= 0.6 is 0 Å². The van der Waals surface area contributed by atoms with Gasteiger partial charge in [-0.3, -0.25) is 4.21 Å². The molecule has 0 saturated carbocycles. The largest absolute Gasteiger partial charge is 1.00 e. The van der Waals surface area contributed by atoms with E-state index in [0.717, 1.165) is 5.56 Å². The summed E-state index contributed by atoms with van der Waals surface area (Å²) < 4.78 is 20.6. The van der Waals surface area contributed by atoms with E-state index in [1.807, 2.05) is 6.92 Å². The molecular formula is C7H7LiO2S. The molecule has 0 amide bonds. The Morgan fingerprint density at radius 3 is 2.09 bits per heavy atom. The molecule has 1 atom stereocenters. The van der Waals surface area contributed by atoms with E-state index < -0.39 is 11.1 Å². The van der Waals surface area contributed by atoms with Gasteiger partial charge in [0.2, 0.25) is 0 Å². The third-order valence-electron chi connectivity index (χ3n) is 1.21. The van der Waals surface area contributed by atoms with Crippen LogP contribution in [0.3, 0.4) is 0 Å². The summed E-state index contributed by atoms with van der Waals surface area (Å²) >= 11 is -2.09. The van der Waals surface area contributed by atoms with Crippen LogP contribution in [-0.2, 0) is 11.1 Å². The molecule has 2 nitrogen and oxygen atoms in total. The molecule has 1 unspecified atom stereocenters. The van der Waals surface area contributed by atoms with E-state index in [9.17, 15) is 8.76 Å². The first kappa shape index (κ1) is 10.9. The maximum atomic E-state index is 10.3. The van der Waals surface area contributed by atoms with Crippen molar-refractivity contribution in [2.45, 2.75) is 11.8 Å². The summed E-state index contributed by atoms with van der Waals surface area (Å²) in [6, 6.07) is 6.70. The minimum absolute atomic E-state index is 0. The molecule has 1 aromatic carbocycles. The predicted molar refractivity (Wildman–Crippen MR) is 38.4 cm³/mol. The van der Waals surface area contributed by atoms with Gasteiger partial charge in [-0.1, -0.05) is 17.7 Å². The Kier molecular flexibility index (Phi) is 4.70. The SMILES string of the molecule is Cc1ccc(S(=O)[O-])cc1.[Li+]. The van der Waals surface area contributed by atoms with Crippen molar-refractivity contribution in [2.75, 3.05) is 0 Å². The summed E-state index contributed by atoms with van der Waals surface area (Å²) in [6.45, 7) is 1.91. The summed E-state index contributed by atoms with van der Waals surface area (Å²) in [6.07, 6.45) is 0. The van der Waals surface area contributed by atoms with Gasteiger partial charge in [0.1, 0.15) is 0 Å². The van der Waals surface area contributed by atoms with Crippen molar-refractivity contribution in [3.05, 3.63) is 29.8 Å². The average Bonchev–Trinajstić information content (AvgIpc) is 1.88. The summed E-state index contributed by atoms with van der Waals surface area (Å²) in [5, 5.41) is 0. The molecule has 0 heterocycles. The molecule has 0 bridgehead atoms. The summed E-state index contributed by atoms with van der Waals surface area (Å²) in [5.74, 6) is 0. The van der Waals surface area contributed by atoms with E-state index in [-0.39, 0.29) is 18.9 Å². The quantitative estimate of drug-likeness (QED) is 0.362. The second kappa shape index (κ2) is 4.73. The van der Waals surface area contributed by atoms with Gasteiger partial charge in [-0.15, -0.1) is 0 Å². The van der Waals surface area contributed by atoms with Gasteiger partial charge >= 0.3 is 18.9 Å². The topological polar surface area (TPSA) is 40.1 Å². The Balaban J connectivity index is 0.000001000. The van der Waals surface area contributed by atoms with Crippen LogP contribution in [0.25, 0.3) is 0 Å². The molecule has 11 heavy (non-hydrogen) atoms. The van der Waals surface area contributed by atoms with Gasteiger partial charge < -0.3 is 4.55 Å². The Labute approximate surface area is 80.5 Å². The summed E-state index contributed by atoms with van der Waals surface area (Å²) in [5.41, 5.74) is 1.06. The summed E-state index contributed by atoms with van der Waals surface area (Å²) in [4.78, 5) is 0.339. The van der Waals surface area contributed by atoms with Crippen LogP contribution in [0.2, 0.25) is 0 Å². The van der Waals surface area contributed by atoms with Gasteiger partial charge in [-0.25, -0.2) is 0 Å². The predicted octanol–water partition coefficient (Wildman–Crippen LogP) is -1.76. The molecular weight excluding hydrogens is 155 g/mol. The van der Waals surface area contributed by atoms with Crippen LogP contribution in [0.15, 0.2) is 29.2 Å². The molecule has 0 saturated heterocycles. The van der Waals surface area contributed by atoms with E-state index >= 15 is 0 Å². The number of rotatable bonds is 1. The number of aryl methyl sites for hydroxylation is 1. The van der Waals surface area contributed by atoms with Crippen LogP contribution in [0.1, 0.15) is 5.56 Å². The van der Waals surface area contributed by atoms with Crippen LogP contribution < -0.4 is 18.9 Å². The summed E-state index contributed by atoms with van der Waals surface area (Å²) in [7, 11) is 0. The number of benzene rings is 1. The van der Waals surface area contributed by atoms with Crippen LogP contribution in [0.4, 0.5) is 0 Å². The Morgan fingerprint density at radius 1 is 1.27 bits per heavy atom. The van der Waals surface area contributed by atoms with Gasteiger partial charge in [-0.2, -0.15) is 0 Å². The van der Waals surface area contributed by atoms with Gasteiger partial charge in [0.15, 0.2) is 0 Å². The van der Waals surface area contributed by atoms with Crippen molar-refractivity contribution in [2.24, 2.45) is 0 Å². The Morgan fingerprint density at radius 2 is 1.73 bits per heavy atom. The molecule has 4 heteroatoms. The van der Waals surface area contributed by atoms with Crippen molar-refractivity contribution >= 4 is 11.1 Å². The van der Waals surface area contributed by atoms with Crippen molar-refractivity contribution in [1.29, 1.82) is 0 Å². The molecule has 0 aliphatic heterocycles. The minimum atomic E-state index is -2.09. The molecule has 0 aromatic heterocycles. The van der Waals surface area contributed by atoms with Gasteiger partial charge in [-0.05, 0) is 30.1 Å². The van der Waals surface area contributed by atoms with E-state index in [1.165, 1.54) is 0 Å². The maximum Gasteiger partial charge on any atom is 1.00 e. The smallest absolute Gasteiger partial charge is 0.768 e. The third kappa shape index (κ3) is 3.22. The average molecular weight is 162 g/mol. The van der Waals surface area contributed by atoms with Crippen molar-refractivity contribution < 1.29 is 27.6 Å². The van der Waals surface area contributed by atoms with Crippen LogP contribution in [0.5, 0.6) is 0 Å². The molecule has 1 aromatic rings. The standard InChI is InChI=1S/C7H8O2S.Li/c1-6-2-4-7(5-3-6)10(8)9;/h2-5H,1H3,(H,8,9);/q;+1/p-1. The number of hydrogen-bond donors (Lipinski definition) is 0. The number of hydrogen-bond acceptors (Lipinski definition) is 2. The molecule has 0 radical (unpaired) electrons. The molecule has 1 rings (SSSR count). The molecule has 0 aliphatic carbocycles. The Bertz CT molecular complexity index is 245. The second-order valence-corrected chi connectivity index (χ2v) is 2.99. The molecule has 0 aliphatic rings. The fourth-order valence-electron chi connectivity index (χ4n) is 0.649. The zero-order valence-electron chi connectivity index (χ0n) is 6.53. The first-order chi connectivity index (χ1) is 4.70. The van der Waals surface area contributed by atoms with Crippen molar-refractivity contribution in [3.63, 3.8) is 0 Å². The monoisotopic (exact) mass is 162 g/mol. The van der Waals surface area contributed by atoms with E-state index in [1.54, 1.807) is 24.3 Å². The first-order valence-electron chi connectivity index (χ1n) is 2.86. The first-order valence-corrected chi connectivity index (χ1v) is 3.93. The fraction of sp³-hybridized carbons (Fsp3) is 0.143. The van der Waals surface area contributed by atoms with Crippen LogP contribution in [0, 0.1) is 6.92 Å². The molecule has 0 N–H and O–H groups in total. The molecule has 0 fully saturated rings. The molecule has 54 valence electrons. The van der Waals surface area contributed by atoms with Gasteiger partial charge in [0.25, 0.3) is 0 Å². The zero-order valence-corrected chi connectivity index (χ0v) is 7.35. The van der Waals surface area contributed by atoms with Crippen molar-refractivity contribution in [3.8, 4) is 0 Å². The zero-order chi connectivity index (χ0) is 7.56. The normalized spacial score (nSPS) is 11.8. The van der Waals surface area contributed by atoms with Crippen molar-refractivity contribution in [1.82, 2.24) is 0 Å². The maximum absolute atomic E-state index is 10.3. The Hall–Kier alpha value is -0.0726. The minimum Gasteiger partial charge on any atom is -0.768 e.